The second-order valence-corrected chi connectivity index (χ2v) is 6.21. The number of nitrogens with zero attached hydrogens (tertiary/aromatic N) is 1. The van der Waals surface area contributed by atoms with Crippen molar-refractivity contribution in [2.75, 3.05) is 13.2 Å². The van der Waals surface area contributed by atoms with E-state index in [0.717, 1.165) is 17.5 Å². The van der Waals surface area contributed by atoms with E-state index in [1.807, 2.05) is 50.5 Å². The number of hydrogen-bond donors (Lipinski definition) is 1. The number of carbonyl (C=O) groups is 1. The fraction of sp³-hybridized carbons (Fsp3) is 0.474. The summed E-state index contributed by atoms with van der Waals surface area (Å²) in [5, 5.41) is 3.40. The zero-order valence-electron chi connectivity index (χ0n) is 14.9. The zero-order valence-corrected chi connectivity index (χ0v) is 14.9. The lowest BCUT2D eigenvalue weighted by Gasteiger charge is -2.12. The normalized spacial score (nSPS) is 11.2. The third kappa shape index (κ3) is 4.23. The third-order valence-corrected chi connectivity index (χ3v) is 3.88. The number of fused-ring (bicyclic) bond motifs is 1. The molecule has 1 heterocycles. The van der Waals surface area contributed by atoms with E-state index in [0.29, 0.717) is 25.1 Å². The average Bonchev–Trinajstić information content (AvgIpc) is 2.54. The molecule has 0 aliphatic heterocycles. The van der Waals surface area contributed by atoms with E-state index < -0.39 is 0 Å². The molecule has 0 aliphatic rings. The molecule has 0 aliphatic carbocycles. The molecule has 1 N–H and O–H groups in total. The van der Waals surface area contributed by atoms with Gasteiger partial charge in [0, 0.05) is 31.3 Å². The van der Waals surface area contributed by atoms with Crippen LogP contribution in [0.1, 0.15) is 43.1 Å². The Kier molecular flexibility index (Phi) is 6.15. The molecule has 2 rings (SSSR count). The molecule has 0 bridgehead atoms. The minimum atomic E-state index is -0.324. The van der Waals surface area contributed by atoms with Crippen LogP contribution in [-0.4, -0.2) is 29.7 Å². The Morgan fingerprint density at radius 3 is 2.75 bits per heavy atom. The molecule has 0 radical (unpaired) electrons. The van der Waals surface area contributed by atoms with Crippen LogP contribution in [0.5, 0.6) is 0 Å². The molecule has 5 heteroatoms. The first-order chi connectivity index (χ1) is 11.4. The van der Waals surface area contributed by atoms with Gasteiger partial charge in [-0.3, -0.25) is 9.59 Å². The van der Waals surface area contributed by atoms with Gasteiger partial charge in [-0.05, 0) is 46.2 Å². The van der Waals surface area contributed by atoms with E-state index >= 15 is 0 Å². The molecule has 1 aromatic heterocycles. The first-order valence-corrected chi connectivity index (χ1v) is 8.47. The van der Waals surface area contributed by atoms with Crippen molar-refractivity contribution in [1.29, 1.82) is 0 Å². The number of amides is 1. The van der Waals surface area contributed by atoms with Crippen molar-refractivity contribution in [2.45, 2.75) is 46.8 Å². The maximum atomic E-state index is 12.7. The Hall–Kier alpha value is -2.14. The van der Waals surface area contributed by atoms with Crippen LogP contribution in [0, 0.1) is 6.92 Å². The summed E-state index contributed by atoms with van der Waals surface area (Å²) in [6.07, 6.45) is 2.56. The number of pyridine rings is 1. The van der Waals surface area contributed by atoms with E-state index in [2.05, 4.69) is 5.32 Å². The smallest absolute Gasteiger partial charge is 0.256 e. The highest BCUT2D eigenvalue weighted by Crippen LogP contribution is 2.14. The Bertz CT molecular complexity index is 778. The second kappa shape index (κ2) is 8.11. The van der Waals surface area contributed by atoms with Gasteiger partial charge < -0.3 is 14.6 Å². The molecule has 5 nitrogen and oxygen atoms in total. The molecule has 1 aromatic carbocycles. The van der Waals surface area contributed by atoms with E-state index in [1.54, 1.807) is 6.20 Å². The van der Waals surface area contributed by atoms with Crippen LogP contribution in [0.3, 0.4) is 0 Å². The van der Waals surface area contributed by atoms with Crippen LogP contribution in [0.25, 0.3) is 10.9 Å². The second-order valence-electron chi connectivity index (χ2n) is 6.21. The molecule has 0 spiro atoms. The van der Waals surface area contributed by atoms with Gasteiger partial charge in [0.05, 0.1) is 11.6 Å². The summed E-state index contributed by atoms with van der Waals surface area (Å²) in [6, 6.07) is 5.75. The number of rotatable bonds is 7. The van der Waals surface area contributed by atoms with E-state index in [9.17, 15) is 9.59 Å². The highest BCUT2D eigenvalue weighted by Gasteiger charge is 2.14. The molecule has 0 fully saturated rings. The van der Waals surface area contributed by atoms with Gasteiger partial charge in [-0.1, -0.05) is 11.6 Å². The van der Waals surface area contributed by atoms with E-state index in [4.69, 9.17) is 4.74 Å². The quantitative estimate of drug-likeness (QED) is 0.794. The predicted octanol–water partition coefficient (Wildman–Crippen LogP) is 2.87. The summed E-state index contributed by atoms with van der Waals surface area (Å²) in [4.78, 5) is 25.1. The number of carbonyl (C=O) groups excluding carboxylic acids is 1. The number of aryl methyl sites for hydroxylation is 2. The first kappa shape index (κ1) is 18.2. The number of aromatic nitrogens is 1. The predicted molar refractivity (Wildman–Crippen MR) is 96.7 cm³/mol. The lowest BCUT2D eigenvalue weighted by atomic mass is 10.1. The maximum Gasteiger partial charge on any atom is 0.256 e. The molecule has 0 atom stereocenters. The lowest BCUT2D eigenvalue weighted by molar-refractivity contribution is 0.0757. The number of nitrogens with one attached hydrogen (secondary N) is 1. The highest BCUT2D eigenvalue weighted by atomic mass is 16.5. The summed E-state index contributed by atoms with van der Waals surface area (Å²) in [5.41, 5.74) is 1.84. The van der Waals surface area contributed by atoms with Crippen molar-refractivity contribution in [3.8, 4) is 0 Å². The Morgan fingerprint density at radius 2 is 2.08 bits per heavy atom. The molecule has 0 saturated carbocycles. The van der Waals surface area contributed by atoms with Crippen LogP contribution in [0.15, 0.2) is 29.2 Å². The highest BCUT2D eigenvalue weighted by molar-refractivity contribution is 5.97. The maximum absolute atomic E-state index is 12.7. The summed E-state index contributed by atoms with van der Waals surface area (Å²) in [7, 11) is 0. The van der Waals surface area contributed by atoms with E-state index in [-0.39, 0.29) is 23.0 Å². The van der Waals surface area contributed by atoms with Crippen molar-refractivity contribution in [3.63, 3.8) is 0 Å². The van der Waals surface area contributed by atoms with Crippen LogP contribution in [-0.2, 0) is 11.3 Å². The van der Waals surface area contributed by atoms with Crippen LogP contribution in [0.4, 0.5) is 0 Å². The molecule has 1 amide bonds. The molecule has 24 heavy (non-hydrogen) atoms. The van der Waals surface area contributed by atoms with E-state index in [1.165, 1.54) is 0 Å². The molecule has 2 aromatic rings. The minimum absolute atomic E-state index is 0.182. The summed E-state index contributed by atoms with van der Waals surface area (Å²) >= 11 is 0. The van der Waals surface area contributed by atoms with Gasteiger partial charge >= 0.3 is 0 Å². The minimum Gasteiger partial charge on any atom is -0.379 e. The third-order valence-electron chi connectivity index (χ3n) is 3.88. The summed E-state index contributed by atoms with van der Waals surface area (Å²) < 4.78 is 7.38. The topological polar surface area (TPSA) is 60.3 Å². The van der Waals surface area contributed by atoms with Gasteiger partial charge in [-0.2, -0.15) is 0 Å². The van der Waals surface area contributed by atoms with Crippen LogP contribution < -0.4 is 10.7 Å². The lowest BCUT2D eigenvalue weighted by Crippen LogP contribution is -2.31. The number of benzene rings is 1. The van der Waals surface area contributed by atoms with Gasteiger partial charge in [-0.15, -0.1) is 0 Å². The Labute approximate surface area is 142 Å². The molecular formula is C19H26N2O3. The van der Waals surface area contributed by atoms with Gasteiger partial charge in [0.25, 0.3) is 5.91 Å². The zero-order chi connectivity index (χ0) is 17.7. The average molecular weight is 330 g/mol. The van der Waals surface area contributed by atoms with Crippen molar-refractivity contribution in [3.05, 3.63) is 45.7 Å². The van der Waals surface area contributed by atoms with Crippen molar-refractivity contribution in [1.82, 2.24) is 9.88 Å². The van der Waals surface area contributed by atoms with Crippen molar-refractivity contribution < 1.29 is 9.53 Å². The Balaban J connectivity index is 2.20. The van der Waals surface area contributed by atoms with Crippen molar-refractivity contribution >= 4 is 16.8 Å². The fourth-order valence-electron chi connectivity index (χ4n) is 2.62. The van der Waals surface area contributed by atoms with Gasteiger partial charge in [-0.25, -0.2) is 0 Å². The SMILES string of the molecule is CCn1cc(C(=O)NCCCOC(C)C)c(=O)c2cc(C)ccc21. The summed E-state index contributed by atoms with van der Waals surface area (Å²) in [5.74, 6) is -0.324. The van der Waals surface area contributed by atoms with Crippen molar-refractivity contribution in [2.24, 2.45) is 0 Å². The van der Waals surface area contributed by atoms with Gasteiger partial charge in [0.15, 0.2) is 0 Å². The molecular weight excluding hydrogens is 304 g/mol. The molecule has 130 valence electrons. The standard InChI is InChI=1S/C19H26N2O3/c1-5-21-12-16(19(23)20-9-6-10-24-13(2)3)18(22)15-11-14(4)7-8-17(15)21/h7-8,11-13H,5-6,9-10H2,1-4H3,(H,20,23). The number of hydrogen-bond acceptors (Lipinski definition) is 3. The van der Waals surface area contributed by atoms with Gasteiger partial charge in [0.2, 0.25) is 5.43 Å². The fourth-order valence-corrected chi connectivity index (χ4v) is 2.62. The first-order valence-electron chi connectivity index (χ1n) is 8.47. The van der Waals surface area contributed by atoms with Crippen LogP contribution in [0.2, 0.25) is 0 Å². The number of ether oxygens (including phenoxy) is 1. The monoisotopic (exact) mass is 330 g/mol. The van der Waals surface area contributed by atoms with Gasteiger partial charge in [0.1, 0.15) is 5.56 Å². The molecule has 0 saturated heterocycles. The summed E-state index contributed by atoms with van der Waals surface area (Å²) in [6.45, 7) is 9.66. The largest absolute Gasteiger partial charge is 0.379 e. The van der Waals surface area contributed by atoms with Crippen LogP contribution >= 0.6 is 0 Å². The molecule has 0 unspecified atom stereocenters. The Morgan fingerprint density at radius 1 is 1.33 bits per heavy atom.